The minimum absolute atomic E-state index is 0.576. The van der Waals surface area contributed by atoms with Crippen molar-refractivity contribution in [3.63, 3.8) is 0 Å². The van der Waals surface area contributed by atoms with Gasteiger partial charge in [0.25, 0.3) is 0 Å². The average Bonchev–Trinajstić information content (AvgIpc) is 2.39. The number of fused-ring (bicyclic) bond motifs is 1. The molecular weight excluding hydrogens is 198 g/mol. The molecular formula is C10H13NS2. The Kier molecular flexibility index (Phi) is 3.19. The van der Waals surface area contributed by atoms with E-state index < -0.39 is 0 Å². The molecule has 1 nitrogen and oxygen atoms in total. The van der Waals surface area contributed by atoms with Gasteiger partial charge in [0, 0.05) is 18.1 Å². The van der Waals surface area contributed by atoms with E-state index in [1.165, 1.54) is 11.1 Å². The number of nitrogens with two attached hydrogens (primary N) is 1. The van der Waals surface area contributed by atoms with Gasteiger partial charge in [-0.2, -0.15) is 0 Å². The van der Waals surface area contributed by atoms with Crippen LogP contribution in [0, 0.1) is 0 Å². The summed E-state index contributed by atoms with van der Waals surface area (Å²) in [6.45, 7) is 0.781. The van der Waals surface area contributed by atoms with Crippen LogP contribution in [0.4, 0.5) is 0 Å². The molecule has 0 unspecified atom stereocenters. The molecule has 0 amide bonds. The Morgan fingerprint density at radius 1 is 1.15 bits per heavy atom. The lowest BCUT2D eigenvalue weighted by Gasteiger charge is -2.08. The summed E-state index contributed by atoms with van der Waals surface area (Å²) >= 11 is 3.93. The quantitative estimate of drug-likeness (QED) is 0.772. The Morgan fingerprint density at radius 2 is 1.69 bits per heavy atom. The van der Waals surface area contributed by atoms with Crippen molar-refractivity contribution in [3.05, 3.63) is 35.4 Å². The SMILES string of the molecule is NCC1SCc2ccccc2CS1. The van der Waals surface area contributed by atoms with Crippen molar-refractivity contribution < 1.29 is 0 Å². The Labute approximate surface area is 87.5 Å². The third-order valence-corrected chi connectivity index (χ3v) is 5.06. The normalized spacial score (nSPS) is 17.9. The molecule has 70 valence electrons. The van der Waals surface area contributed by atoms with Crippen molar-refractivity contribution >= 4 is 23.5 Å². The predicted octanol–water partition coefficient (Wildman–Crippen LogP) is 2.45. The molecule has 13 heavy (non-hydrogen) atoms. The summed E-state index contributed by atoms with van der Waals surface area (Å²) in [6.07, 6.45) is 0. The highest BCUT2D eigenvalue weighted by Gasteiger charge is 2.14. The van der Waals surface area contributed by atoms with Gasteiger partial charge in [0.1, 0.15) is 0 Å². The molecule has 0 radical (unpaired) electrons. The molecule has 0 aliphatic carbocycles. The van der Waals surface area contributed by atoms with Gasteiger partial charge in [-0.1, -0.05) is 24.3 Å². The molecule has 0 atom stereocenters. The summed E-state index contributed by atoms with van der Waals surface area (Å²) in [5.41, 5.74) is 8.63. The molecule has 3 heteroatoms. The van der Waals surface area contributed by atoms with Crippen LogP contribution in [0.25, 0.3) is 0 Å². The Morgan fingerprint density at radius 3 is 2.15 bits per heavy atom. The van der Waals surface area contributed by atoms with Gasteiger partial charge in [-0.3, -0.25) is 0 Å². The lowest BCUT2D eigenvalue weighted by atomic mass is 10.1. The van der Waals surface area contributed by atoms with Crippen LogP contribution < -0.4 is 5.73 Å². The molecule has 0 bridgehead atoms. The molecule has 1 heterocycles. The Hall–Kier alpha value is -0.120. The third-order valence-electron chi connectivity index (χ3n) is 2.16. The highest BCUT2D eigenvalue weighted by molar-refractivity contribution is 8.16. The highest BCUT2D eigenvalue weighted by Crippen LogP contribution is 2.34. The number of benzene rings is 1. The number of hydrogen-bond donors (Lipinski definition) is 1. The highest BCUT2D eigenvalue weighted by atomic mass is 32.2. The van der Waals surface area contributed by atoms with Gasteiger partial charge in [-0.15, -0.1) is 23.5 Å². The largest absolute Gasteiger partial charge is 0.329 e. The smallest absolute Gasteiger partial charge is 0.0631 e. The predicted molar refractivity (Wildman–Crippen MR) is 61.9 cm³/mol. The molecule has 1 aromatic carbocycles. The molecule has 0 saturated heterocycles. The van der Waals surface area contributed by atoms with Gasteiger partial charge in [0.05, 0.1) is 4.58 Å². The van der Waals surface area contributed by atoms with E-state index in [4.69, 9.17) is 5.73 Å². The van der Waals surface area contributed by atoms with Crippen molar-refractivity contribution in [2.45, 2.75) is 16.1 Å². The van der Waals surface area contributed by atoms with E-state index in [2.05, 4.69) is 24.3 Å². The first-order valence-corrected chi connectivity index (χ1v) is 6.50. The van der Waals surface area contributed by atoms with Gasteiger partial charge in [-0.05, 0) is 11.1 Å². The van der Waals surface area contributed by atoms with Crippen LogP contribution in [0.1, 0.15) is 11.1 Å². The zero-order valence-electron chi connectivity index (χ0n) is 7.40. The zero-order valence-corrected chi connectivity index (χ0v) is 9.03. The maximum absolute atomic E-state index is 5.67. The van der Waals surface area contributed by atoms with Crippen molar-refractivity contribution in [1.82, 2.24) is 0 Å². The van der Waals surface area contributed by atoms with Gasteiger partial charge in [0.15, 0.2) is 0 Å². The number of thioether (sulfide) groups is 2. The fourth-order valence-corrected chi connectivity index (χ4v) is 3.75. The molecule has 0 fully saturated rings. The minimum Gasteiger partial charge on any atom is -0.329 e. The van der Waals surface area contributed by atoms with Gasteiger partial charge < -0.3 is 5.73 Å². The van der Waals surface area contributed by atoms with E-state index in [9.17, 15) is 0 Å². The van der Waals surface area contributed by atoms with Crippen molar-refractivity contribution in [1.29, 1.82) is 0 Å². The maximum Gasteiger partial charge on any atom is 0.0631 e. The third kappa shape index (κ3) is 2.22. The summed E-state index contributed by atoms with van der Waals surface area (Å²) < 4.78 is 0.576. The fourth-order valence-electron chi connectivity index (χ4n) is 1.39. The second-order valence-electron chi connectivity index (χ2n) is 3.06. The molecule has 0 aromatic heterocycles. The van der Waals surface area contributed by atoms with Crippen LogP contribution in [-0.2, 0) is 11.5 Å². The van der Waals surface area contributed by atoms with Crippen LogP contribution in [0.5, 0.6) is 0 Å². The molecule has 1 aliphatic heterocycles. The molecule has 2 N–H and O–H groups in total. The number of rotatable bonds is 1. The standard InChI is InChI=1S/C10H13NS2/c11-5-10-12-6-8-3-1-2-4-9(8)7-13-10/h1-4,10H,5-7,11H2. The summed E-state index contributed by atoms with van der Waals surface area (Å²) in [5, 5.41) is 0. The molecule has 1 aliphatic rings. The second-order valence-corrected chi connectivity index (χ2v) is 5.74. The fraction of sp³-hybridized carbons (Fsp3) is 0.400. The second kappa shape index (κ2) is 4.40. The van der Waals surface area contributed by atoms with Crippen LogP contribution in [0.15, 0.2) is 24.3 Å². The molecule has 0 spiro atoms. The van der Waals surface area contributed by atoms with E-state index in [1.807, 2.05) is 23.5 Å². The van der Waals surface area contributed by atoms with E-state index in [1.54, 1.807) is 0 Å². The van der Waals surface area contributed by atoms with Crippen LogP contribution in [0.3, 0.4) is 0 Å². The Bertz CT molecular complexity index is 261. The van der Waals surface area contributed by atoms with Crippen LogP contribution in [0.2, 0.25) is 0 Å². The zero-order chi connectivity index (χ0) is 9.10. The lowest BCUT2D eigenvalue weighted by Crippen LogP contribution is -2.12. The monoisotopic (exact) mass is 211 g/mol. The Balaban J connectivity index is 2.17. The topological polar surface area (TPSA) is 26.0 Å². The number of hydrogen-bond acceptors (Lipinski definition) is 3. The van der Waals surface area contributed by atoms with Gasteiger partial charge in [-0.25, -0.2) is 0 Å². The van der Waals surface area contributed by atoms with E-state index in [-0.39, 0.29) is 0 Å². The van der Waals surface area contributed by atoms with Crippen LogP contribution >= 0.6 is 23.5 Å². The first-order chi connectivity index (χ1) is 6.40. The maximum atomic E-state index is 5.67. The van der Waals surface area contributed by atoms with E-state index in [0.717, 1.165) is 18.1 Å². The molecule has 0 saturated carbocycles. The summed E-state index contributed by atoms with van der Waals surface area (Å²) in [7, 11) is 0. The minimum atomic E-state index is 0.576. The summed E-state index contributed by atoms with van der Waals surface area (Å²) in [6, 6.07) is 8.68. The van der Waals surface area contributed by atoms with Gasteiger partial charge >= 0.3 is 0 Å². The van der Waals surface area contributed by atoms with Crippen molar-refractivity contribution in [3.8, 4) is 0 Å². The first-order valence-electron chi connectivity index (χ1n) is 4.40. The summed E-state index contributed by atoms with van der Waals surface area (Å²) in [5.74, 6) is 2.23. The van der Waals surface area contributed by atoms with E-state index in [0.29, 0.717) is 4.58 Å². The first kappa shape index (κ1) is 9.44. The molecule has 2 rings (SSSR count). The van der Waals surface area contributed by atoms with Crippen LogP contribution in [-0.4, -0.2) is 11.1 Å². The average molecular weight is 211 g/mol. The van der Waals surface area contributed by atoms with Crippen molar-refractivity contribution in [2.75, 3.05) is 6.54 Å². The lowest BCUT2D eigenvalue weighted by molar-refractivity contribution is 1.10. The van der Waals surface area contributed by atoms with E-state index >= 15 is 0 Å². The van der Waals surface area contributed by atoms with Gasteiger partial charge in [0.2, 0.25) is 0 Å². The summed E-state index contributed by atoms with van der Waals surface area (Å²) in [4.78, 5) is 0. The van der Waals surface area contributed by atoms with Crippen molar-refractivity contribution in [2.24, 2.45) is 5.73 Å². The molecule has 1 aromatic rings.